The fraction of sp³-hybridized carbons (Fsp3) is 0.462. The fourth-order valence-corrected chi connectivity index (χ4v) is 2.48. The smallest absolute Gasteiger partial charge is 0.273 e. The molecule has 0 saturated carbocycles. The van der Waals surface area contributed by atoms with Gasteiger partial charge in [-0.2, -0.15) is 5.10 Å². The number of rotatable bonds is 5. The van der Waals surface area contributed by atoms with E-state index in [1.165, 1.54) is 0 Å². The van der Waals surface area contributed by atoms with Crippen LogP contribution in [0.4, 0.5) is 0 Å². The van der Waals surface area contributed by atoms with Crippen molar-refractivity contribution in [3.05, 3.63) is 29.4 Å². The molecule has 2 aromatic rings. The second kappa shape index (κ2) is 6.17. The average Bonchev–Trinajstić information content (AvgIpc) is 3.12. The number of hydrogen-bond donors (Lipinski definition) is 1. The van der Waals surface area contributed by atoms with E-state index in [0.717, 1.165) is 25.9 Å². The zero-order chi connectivity index (χ0) is 14.7. The Morgan fingerprint density at radius 2 is 2.43 bits per heavy atom. The molecule has 0 radical (unpaired) electrons. The lowest BCUT2D eigenvalue weighted by Gasteiger charge is -2.14. The summed E-state index contributed by atoms with van der Waals surface area (Å²) in [5.74, 6) is 0.225. The van der Waals surface area contributed by atoms with Crippen molar-refractivity contribution >= 4 is 17.5 Å². The van der Waals surface area contributed by atoms with Gasteiger partial charge in [0.2, 0.25) is 5.88 Å². The minimum absolute atomic E-state index is 0.233. The molecule has 3 rings (SSSR count). The van der Waals surface area contributed by atoms with Crippen LogP contribution in [0.5, 0.6) is 5.88 Å². The number of ether oxygens (including phenoxy) is 1. The Kier molecular flexibility index (Phi) is 4.10. The zero-order valence-corrected chi connectivity index (χ0v) is 12.2. The Bertz CT molecular complexity index is 623. The van der Waals surface area contributed by atoms with Crippen LogP contribution in [0.25, 0.3) is 0 Å². The third kappa shape index (κ3) is 3.02. The summed E-state index contributed by atoms with van der Waals surface area (Å²) in [4.78, 5) is 16.1. The first-order valence-corrected chi connectivity index (χ1v) is 7.26. The molecular formula is C13H16ClN5O2. The summed E-state index contributed by atoms with van der Waals surface area (Å²) in [5.41, 5.74) is 0.233. The van der Waals surface area contributed by atoms with Gasteiger partial charge in [-0.05, 0) is 6.42 Å². The van der Waals surface area contributed by atoms with Gasteiger partial charge in [0.1, 0.15) is 5.02 Å². The summed E-state index contributed by atoms with van der Waals surface area (Å²) in [7, 11) is 0. The van der Waals surface area contributed by atoms with E-state index in [1.807, 2.05) is 10.8 Å². The molecular weight excluding hydrogens is 294 g/mol. The van der Waals surface area contributed by atoms with Gasteiger partial charge in [-0.3, -0.25) is 4.79 Å². The minimum Gasteiger partial charge on any atom is -0.477 e. The van der Waals surface area contributed by atoms with Gasteiger partial charge < -0.3 is 14.6 Å². The van der Waals surface area contributed by atoms with Gasteiger partial charge in [-0.15, -0.1) is 0 Å². The summed E-state index contributed by atoms with van der Waals surface area (Å²) in [5, 5.41) is 7.33. The van der Waals surface area contributed by atoms with Crippen molar-refractivity contribution in [1.29, 1.82) is 0 Å². The predicted octanol–water partition coefficient (Wildman–Crippen LogP) is 1.34. The quantitative estimate of drug-likeness (QED) is 0.846. The monoisotopic (exact) mass is 309 g/mol. The molecule has 3 heterocycles. The minimum atomic E-state index is -0.267. The van der Waals surface area contributed by atoms with Crippen molar-refractivity contribution in [2.45, 2.75) is 25.9 Å². The summed E-state index contributed by atoms with van der Waals surface area (Å²) < 4.78 is 9.04. The Morgan fingerprint density at radius 1 is 1.52 bits per heavy atom. The lowest BCUT2D eigenvalue weighted by atomic mass is 10.3. The molecule has 112 valence electrons. The van der Waals surface area contributed by atoms with Crippen molar-refractivity contribution in [3.63, 3.8) is 0 Å². The van der Waals surface area contributed by atoms with Crippen molar-refractivity contribution in [1.82, 2.24) is 24.6 Å². The van der Waals surface area contributed by atoms with Crippen LogP contribution >= 0.6 is 11.6 Å². The van der Waals surface area contributed by atoms with Crippen LogP contribution in [-0.4, -0.2) is 38.4 Å². The van der Waals surface area contributed by atoms with E-state index in [-0.39, 0.29) is 11.6 Å². The number of nitrogens with zero attached hydrogens (tertiary/aromatic N) is 4. The molecule has 0 saturated heterocycles. The first kappa shape index (κ1) is 13.9. The number of aryl methyl sites for hydroxylation is 2. The van der Waals surface area contributed by atoms with E-state index in [4.69, 9.17) is 16.3 Å². The zero-order valence-electron chi connectivity index (χ0n) is 11.5. The van der Waals surface area contributed by atoms with Crippen LogP contribution in [0.2, 0.25) is 5.02 Å². The predicted molar refractivity (Wildman–Crippen MR) is 76.5 cm³/mol. The van der Waals surface area contributed by atoms with E-state index in [1.54, 1.807) is 17.2 Å². The topological polar surface area (TPSA) is 74.0 Å². The lowest BCUT2D eigenvalue weighted by Crippen LogP contribution is -2.26. The number of imidazole rings is 1. The van der Waals surface area contributed by atoms with Gasteiger partial charge in [0, 0.05) is 38.4 Å². The highest BCUT2D eigenvalue weighted by molar-refractivity contribution is 6.34. The molecule has 0 bridgehead atoms. The Morgan fingerprint density at radius 3 is 3.19 bits per heavy atom. The maximum atomic E-state index is 12.1. The van der Waals surface area contributed by atoms with E-state index < -0.39 is 0 Å². The molecule has 0 unspecified atom stereocenters. The number of aromatic nitrogens is 4. The SMILES string of the molecule is O=C(NCCCn1ccnc1)c1nn2c(c1Cl)OCCC2. The lowest BCUT2D eigenvalue weighted by molar-refractivity contribution is 0.0947. The third-order valence-electron chi connectivity index (χ3n) is 3.26. The first-order valence-electron chi connectivity index (χ1n) is 6.89. The second-order valence-electron chi connectivity index (χ2n) is 4.80. The van der Waals surface area contributed by atoms with Gasteiger partial charge in [0.25, 0.3) is 5.91 Å². The largest absolute Gasteiger partial charge is 0.477 e. The first-order chi connectivity index (χ1) is 10.3. The number of fused-ring (bicyclic) bond motifs is 1. The molecule has 0 aromatic carbocycles. The Labute approximate surface area is 126 Å². The summed E-state index contributed by atoms with van der Waals surface area (Å²) >= 11 is 6.15. The molecule has 21 heavy (non-hydrogen) atoms. The summed E-state index contributed by atoms with van der Waals surface area (Å²) in [6.07, 6.45) is 7.05. The number of carbonyl (C=O) groups excluding carboxylic acids is 1. The van der Waals surface area contributed by atoms with E-state index in [9.17, 15) is 4.79 Å². The maximum Gasteiger partial charge on any atom is 0.273 e. The summed E-state index contributed by atoms with van der Waals surface area (Å²) in [6, 6.07) is 0. The maximum absolute atomic E-state index is 12.1. The number of hydrogen-bond acceptors (Lipinski definition) is 4. The molecule has 1 aliphatic rings. The fourth-order valence-electron chi connectivity index (χ4n) is 2.21. The Hall–Kier alpha value is -2.02. The number of amides is 1. The van der Waals surface area contributed by atoms with Crippen molar-refractivity contribution in [2.75, 3.05) is 13.2 Å². The van der Waals surface area contributed by atoms with E-state index in [0.29, 0.717) is 24.1 Å². The molecule has 0 fully saturated rings. The highest BCUT2D eigenvalue weighted by Crippen LogP contribution is 2.30. The van der Waals surface area contributed by atoms with Gasteiger partial charge in [-0.1, -0.05) is 11.6 Å². The highest BCUT2D eigenvalue weighted by Gasteiger charge is 2.24. The van der Waals surface area contributed by atoms with Crippen molar-refractivity contribution in [2.24, 2.45) is 0 Å². The molecule has 1 N–H and O–H groups in total. The van der Waals surface area contributed by atoms with Gasteiger partial charge >= 0.3 is 0 Å². The summed E-state index contributed by atoms with van der Waals surface area (Å²) in [6.45, 7) is 2.69. The van der Waals surface area contributed by atoms with Crippen LogP contribution in [0.15, 0.2) is 18.7 Å². The van der Waals surface area contributed by atoms with Crippen molar-refractivity contribution < 1.29 is 9.53 Å². The molecule has 2 aromatic heterocycles. The highest BCUT2D eigenvalue weighted by atomic mass is 35.5. The normalized spacial score (nSPS) is 13.6. The second-order valence-corrected chi connectivity index (χ2v) is 5.18. The van der Waals surface area contributed by atoms with Crippen LogP contribution in [0.1, 0.15) is 23.3 Å². The van der Waals surface area contributed by atoms with Crippen molar-refractivity contribution in [3.8, 4) is 5.88 Å². The molecule has 0 spiro atoms. The van der Waals surface area contributed by atoms with Gasteiger partial charge in [0.15, 0.2) is 5.69 Å². The van der Waals surface area contributed by atoms with E-state index in [2.05, 4.69) is 15.4 Å². The van der Waals surface area contributed by atoms with Crippen LogP contribution in [0, 0.1) is 0 Å². The van der Waals surface area contributed by atoms with Crippen LogP contribution in [0.3, 0.4) is 0 Å². The molecule has 0 atom stereocenters. The molecule has 8 heteroatoms. The average molecular weight is 310 g/mol. The molecule has 1 aliphatic heterocycles. The number of carbonyl (C=O) groups is 1. The number of nitrogens with one attached hydrogen (secondary N) is 1. The van der Waals surface area contributed by atoms with E-state index >= 15 is 0 Å². The standard InChI is InChI=1S/C13H16ClN5O2/c14-10-11(17-19-6-2-8-21-13(10)19)12(20)16-3-1-5-18-7-4-15-9-18/h4,7,9H,1-3,5-6,8H2,(H,16,20). The number of halogens is 1. The van der Waals surface area contributed by atoms with Gasteiger partial charge in [-0.25, -0.2) is 9.67 Å². The third-order valence-corrected chi connectivity index (χ3v) is 3.60. The van der Waals surface area contributed by atoms with Crippen LogP contribution in [-0.2, 0) is 13.1 Å². The van der Waals surface area contributed by atoms with Gasteiger partial charge in [0.05, 0.1) is 12.9 Å². The molecule has 1 amide bonds. The molecule has 7 nitrogen and oxygen atoms in total. The Balaban J connectivity index is 1.54. The van der Waals surface area contributed by atoms with Crippen LogP contribution < -0.4 is 10.1 Å². The molecule has 0 aliphatic carbocycles.